The molecule has 0 radical (unpaired) electrons. The van der Waals surface area contributed by atoms with Gasteiger partial charge in [0, 0.05) is 0 Å². The van der Waals surface area contributed by atoms with Gasteiger partial charge in [-0.25, -0.2) is 0 Å². The molecule has 0 N–H and O–H groups in total. The van der Waals surface area contributed by atoms with Crippen LogP contribution in [0.2, 0.25) is 0 Å². The highest BCUT2D eigenvalue weighted by Crippen LogP contribution is 2.82. The second-order valence-electron chi connectivity index (χ2n) is 5.95. The molecule has 0 nitrogen and oxygen atoms in total. The van der Waals surface area contributed by atoms with Crippen LogP contribution < -0.4 is 0 Å². The summed E-state index contributed by atoms with van der Waals surface area (Å²) in [6, 6.07) is 0. The van der Waals surface area contributed by atoms with E-state index in [0.29, 0.717) is 0 Å². The summed E-state index contributed by atoms with van der Waals surface area (Å²) < 4.78 is 0. The fourth-order valence-corrected chi connectivity index (χ4v) is 3.51. The number of hydrogen-bond donors (Lipinski definition) is 0. The van der Waals surface area contributed by atoms with Gasteiger partial charge >= 0.3 is 0 Å². The minimum atomic E-state index is 0.754. The van der Waals surface area contributed by atoms with Crippen molar-refractivity contribution < 1.29 is 0 Å². The van der Waals surface area contributed by atoms with Gasteiger partial charge in [-0.3, -0.25) is 0 Å². The summed E-state index contributed by atoms with van der Waals surface area (Å²) in [5.74, 6) is 3.34. The minimum Gasteiger partial charge on any atom is -0.0649 e. The van der Waals surface area contributed by atoms with Gasteiger partial charge in [-0.1, -0.05) is 27.2 Å². The quantitative estimate of drug-likeness (QED) is 0.599. The maximum Gasteiger partial charge on any atom is -0.0235 e. The summed E-state index contributed by atoms with van der Waals surface area (Å²) in [7, 11) is 0. The van der Waals surface area contributed by atoms with Crippen LogP contribution in [0.25, 0.3) is 0 Å². The first-order valence-corrected chi connectivity index (χ1v) is 5.62. The minimum absolute atomic E-state index is 0.754. The van der Waals surface area contributed by atoms with E-state index in [1.807, 2.05) is 0 Å². The number of rotatable bonds is 3. The van der Waals surface area contributed by atoms with Crippen LogP contribution >= 0.6 is 0 Å². The van der Waals surface area contributed by atoms with Crippen LogP contribution in [0.15, 0.2) is 0 Å². The number of fused-ring (bicyclic) bond motifs is 1. The molecule has 0 spiro atoms. The predicted molar refractivity (Wildman–Crippen MR) is 50.8 cm³/mol. The van der Waals surface area contributed by atoms with Crippen LogP contribution in [0.4, 0.5) is 0 Å². The molecule has 3 fully saturated rings. The van der Waals surface area contributed by atoms with Crippen LogP contribution in [0, 0.1) is 28.6 Å². The molecular weight excluding hydrogens is 144 g/mol. The third-order valence-corrected chi connectivity index (χ3v) is 5.49. The molecule has 3 aliphatic rings. The molecule has 68 valence electrons. The average Bonchev–Trinajstić information content (AvgIpc) is 2.79. The zero-order valence-electron chi connectivity index (χ0n) is 8.56. The first-order chi connectivity index (χ1) is 5.62. The van der Waals surface area contributed by atoms with Gasteiger partial charge < -0.3 is 0 Å². The van der Waals surface area contributed by atoms with Crippen molar-refractivity contribution in [2.75, 3.05) is 0 Å². The van der Waals surface area contributed by atoms with Crippen LogP contribution in [-0.4, -0.2) is 0 Å². The van der Waals surface area contributed by atoms with Crippen molar-refractivity contribution >= 4 is 0 Å². The van der Waals surface area contributed by atoms with Crippen LogP contribution in [0.3, 0.4) is 0 Å². The molecule has 3 atom stereocenters. The fraction of sp³-hybridized carbons (Fsp3) is 1.00. The lowest BCUT2D eigenvalue weighted by Gasteiger charge is -2.17. The molecule has 3 aliphatic carbocycles. The van der Waals surface area contributed by atoms with E-state index in [1.165, 1.54) is 18.8 Å². The van der Waals surface area contributed by atoms with Crippen molar-refractivity contribution in [2.24, 2.45) is 28.6 Å². The molecule has 0 bridgehead atoms. The molecule has 0 aromatic heterocycles. The van der Waals surface area contributed by atoms with E-state index in [2.05, 4.69) is 20.8 Å². The molecule has 0 heterocycles. The van der Waals surface area contributed by atoms with Crippen molar-refractivity contribution in [1.82, 2.24) is 0 Å². The second kappa shape index (κ2) is 1.76. The van der Waals surface area contributed by atoms with E-state index >= 15 is 0 Å². The van der Waals surface area contributed by atoms with Crippen LogP contribution in [-0.2, 0) is 0 Å². The first-order valence-electron chi connectivity index (χ1n) is 5.62. The molecule has 3 unspecified atom stereocenters. The molecule has 0 aromatic carbocycles. The fourth-order valence-electron chi connectivity index (χ4n) is 3.51. The van der Waals surface area contributed by atoms with E-state index in [9.17, 15) is 0 Å². The molecule has 3 rings (SSSR count). The summed E-state index contributed by atoms with van der Waals surface area (Å²) in [6.45, 7) is 7.38. The normalized spacial score (nSPS) is 62.2. The zero-order valence-corrected chi connectivity index (χ0v) is 8.56. The lowest BCUT2D eigenvalue weighted by molar-refractivity contribution is 0.312. The van der Waals surface area contributed by atoms with Gasteiger partial charge in [-0.05, 0) is 47.8 Å². The van der Waals surface area contributed by atoms with Gasteiger partial charge in [0.1, 0.15) is 0 Å². The molecule has 0 saturated heterocycles. The van der Waals surface area contributed by atoms with E-state index in [0.717, 1.165) is 22.7 Å². The summed E-state index contributed by atoms with van der Waals surface area (Å²) in [4.78, 5) is 0. The van der Waals surface area contributed by atoms with Gasteiger partial charge in [0.05, 0.1) is 0 Å². The molecule has 3 saturated carbocycles. The SMILES string of the molecule is CCC1(C)CC1C(C)C12CC1C2. The Morgan fingerprint density at radius 2 is 1.92 bits per heavy atom. The Hall–Kier alpha value is 0. The highest BCUT2D eigenvalue weighted by atomic mass is 14.8. The van der Waals surface area contributed by atoms with Crippen LogP contribution in [0.5, 0.6) is 0 Å². The monoisotopic (exact) mass is 164 g/mol. The molecule has 12 heavy (non-hydrogen) atoms. The highest BCUT2D eigenvalue weighted by molar-refractivity contribution is 5.23. The largest absolute Gasteiger partial charge is 0.0649 e. The maximum atomic E-state index is 2.53. The van der Waals surface area contributed by atoms with E-state index in [1.54, 1.807) is 12.8 Å². The summed E-state index contributed by atoms with van der Waals surface area (Å²) in [6.07, 6.45) is 6.11. The van der Waals surface area contributed by atoms with Gasteiger partial charge in [-0.15, -0.1) is 0 Å². The smallest absolute Gasteiger partial charge is 0.0235 e. The van der Waals surface area contributed by atoms with E-state index in [4.69, 9.17) is 0 Å². The second-order valence-corrected chi connectivity index (χ2v) is 5.95. The van der Waals surface area contributed by atoms with Crippen molar-refractivity contribution in [3.8, 4) is 0 Å². The topological polar surface area (TPSA) is 0 Å². The molecule has 0 aliphatic heterocycles. The summed E-state index contributed by atoms with van der Waals surface area (Å²) in [5.41, 5.74) is 1.67. The molecule has 0 aromatic rings. The predicted octanol–water partition coefficient (Wildman–Crippen LogP) is 3.47. The summed E-state index contributed by atoms with van der Waals surface area (Å²) in [5, 5.41) is 0. The third-order valence-electron chi connectivity index (χ3n) is 5.49. The zero-order chi connectivity index (χ0) is 8.56. The van der Waals surface area contributed by atoms with Gasteiger partial charge in [0.25, 0.3) is 0 Å². The Bertz CT molecular complexity index is 224. The van der Waals surface area contributed by atoms with Crippen molar-refractivity contribution in [3.05, 3.63) is 0 Å². The Kier molecular flexibility index (Phi) is 1.09. The lowest BCUT2D eigenvalue weighted by atomic mass is 9.88. The lowest BCUT2D eigenvalue weighted by Crippen LogP contribution is -2.11. The summed E-state index contributed by atoms with van der Waals surface area (Å²) >= 11 is 0. The maximum absolute atomic E-state index is 2.53. The highest BCUT2D eigenvalue weighted by Gasteiger charge is 2.75. The van der Waals surface area contributed by atoms with Gasteiger partial charge in [-0.2, -0.15) is 0 Å². The molecular formula is C12H20. The van der Waals surface area contributed by atoms with Crippen molar-refractivity contribution in [2.45, 2.75) is 46.5 Å². The Morgan fingerprint density at radius 3 is 2.25 bits per heavy atom. The molecule has 0 amide bonds. The third kappa shape index (κ3) is 0.701. The Morgan fingerprint density at radius 1 is 1.33 bits per heavy atom. The van der Waals surface area contributed by atoms with E-state index < -0.39 is 0 Å². The first kappa shape index (κ1) is 7.41. The van der Waals surface area contributed by atoms with Gasteiger partial charge in [0.2, 0.25) is 0 Å². The Balaban J connectivity index is 1.68. The van der Waals surface area contributed by atoms with Gasteiger partial charge in [0.15, 0.2) is 0 Å². The Labute approximate surface area is 75.7 Å². The van der Waals surface area contributed by atoms with E-state index in [-0.39, 0.29) is 0 Å². The average molecular weight is 164 g/mol. The van der Waals surface area contributed by atoms with Crippen LogP contribution in [0.1, 0.15) is 46.5 Å². The van der Waals surface area contributed by atoms with Crippen molar-refractivity contribution in [1.29, 1.82) is 0 Å². The number of hydrogen-bond acceptors (Lipinski definition) is 0. The standard InChI is InChI=1S/C12H20/c1-4-11(3)7-10(11)8(2)12-5-9(12)6-12/h8-10H,4-7H2,1-3H3. The van der Waals surface area contributed by atoms with Crippen molar-refractivity contribution in [3.63, 3.8) is 0 Å². The molecule has 0 heteroatoms.